The quantitative estimate of drug-likeness (QED) is 0.548. The second-order valence-electron chi connectivity index (χ2n) is 9.89. The zero-order valence-corrected chi connectivity index (χ0v) is 21.4. The van der Waals surface area contributed by atoms with Crippen LogP contribution in [0.5, 0.6) is 5.75 Å². The maximum atomic E-state index is 13.6. The lowest BCUT2D eigenvalue weighted by atomic mass is 9.99. The van der Waals surface area contributed by atoms with Gasteiger partial charge in [0.15, 0.2) is 5.75 Å². The SMILES string of the molecule is C[C@@H]1CN([C@@H](C)CO)C(=O)c2cccc(NS(=O)(=O)c3ccccc3)c2O[C@@H]1CN(C)CC1CC1. The minimum absolute atomic E-state index is 0.0402. The number of sulfonamides is 1. The summed E-state index contributed by atoms with van der Waals surface area (Å²) >= 11 is 0. The van der Waals surface area contributed by atoms with Crippen LogP contribution in [0.15, 0.2) is 53.4 Å². The molecule has 1 fully saturated rings. The Morgan fingerprint density at radius 3 is 2.51 bits per heavy atom. The number of aliphatic hydroxyl groups is 1. The molecule has 0 radical (unpaired) electrons. The highest BCUT2D eigenvalue weighted by Crippen LogP contribution is 2.36. The van der Waals surface area contributed by atoms with E-state index in [4.69, 9.17) is 4.74 Å². The normalized spacial score (nSPS) is 21.6. The molecule has 1 aliphatic heterocycles. The minimum Gasteiger partial charge on any atom is -0.486 e. The number of rotatable bonds is 9. The highest BCUT2D eigenvalue weighted by Gasteiger charge is 2.35. The van der Waals surface area contributed by atoms with Crippen LogP contribution in [0, 0.1) is 11.8 Å². The first kappa shape index (κ1) is 25.5. The zero-order chi connectivity index (χ0) is 25.2. The molecule has 0 spiro atoms. The molecule has 9 heteroatoms. The number of hydrogen-bond acceptors (Lipinski definition) is 6. The Hall–Kier alpha value is -2.62. The van der Waals surface area contributed by atoms with Crippen molar-refractivity contribution >= 4 is 21.6 Å². The van der Waals surface area contributed by atoms with E-state index in [1.807, 2.05) is 13.8 Å². The van der Waals surface area contributed by atoms with Crippen LogP contribution in [0.25, 0.3) is 0 Å². The molecular formula is C26H35N3O5S. The van der Waals surface area contributed by atoms with E-state index < -0.39 is 10.0 Å². The van der Waals surface area contributed by atoms with Crippen LogP contribution in [0.4, 0.5) is 5.69 Å². The van der Waals surface area contributed by atoms with Crippen LogP contribution in [-0.2, 0) is 10.0 Å². The minimum atomic E-state index is -3.89. The summed E-state index contributed by atoms with van der Waals surface area (Å²) in [5.41, 5.74) is 0.501. The molecule has 1 saturated carbocycles. The van der Waals surface area contributed by atoms with E-state index in [2.05, 4.69) is 16.7 Å². The number of carbonyl (C=O) groups is 1. The summed E-state index contributed by atoms with van der Waals surface area (Å²) in [5, 5.41) is 9.83. The third kappa shape index (κ3) is 5.97. The fraction of sp³-hybridized carbons (Fsp3) is 0.500. The molecule has 4 rings (SSSR count). The predicted molar refractivity (Wildman–Crippen MR) is 135 cm³/mol. The van der Waals surface area contributed by atoms with Gasteiger partial charge in [-0.2, -0.15) is 0 Å². The smallest absolute Gasteiger partial charge is 0.262 e. The third-order valence-corrected chi connectivity index (χ3v) is 8.13. The van der Waals surface area contributed by atoms with Gasteiger partial charge in [0.05, 0.1) is 28.8 Å². The molecule has 190 valence electrons. The van der Waals surface area contributed by atoms with Crippen molar-refractivity contribution in [2.24, 2.45) is 11.8 Å². The highest BCUT2D eigenvalue weighted by atomic mass is 32.2. The highest BCUT2D eigenvalue weighted by molar-refractivity contribution is 7.92. The first-order chi connectivity index (χ1) is 16.7. The largest absolute Gasteiger partial charge is 0.486 e. The first-order valence-electron chi connectivity index (χ1n) is 12.2. The number of nitrogens with zero attached hydrogens (tertiary/aromatic N) is 2. The van der Waals surface area contributed by atoms with E-state index in [1.54, 1.807) is 41.3 Å². The van der Waals surface area contributed by atoms with E-state index in [-0.39, 0.29) is 52.5 Å². The molecule has 0 saturated heterocycles. The van der Waals surface area contributed by atoms with Crippen molar-refractivity contribution in [2.75, 3.05) is 38.0 Å². The molecule has 0 unspecified atom stereocenters. The monoisotopic (exact) mass is 501 g/mol. The number of fused-ring (bicyclic) bond motifs is 1. The van der Waals surface area contributed by atoms with Crippen LogP contribution in [0.2, 0.25) is 0 Å². The molecular weight excluding hydrogens is 466 g/mol. The van der Waals surface area contributed by atoms with Gasteiger partial charge in [-0.25, -0.2) is 8.42 Å². The van der Waals surface area contributed by atoms with E-state index in [1.165, 1.54) is 25.0 Å². The number of nitrogens with one attached hydrogen (secondary N) is 1. The standard InChI is InChI=1S/C26H35N3O5S/c1-18-14-29(19(2)17-30)26(31)22-10-7-11-23(27-35(32,33)21-8-5-4-6-9-21)25(22)34-24(18)16-28(3)15-20-12-13-20/h4-11,18-20,24,27,30H,12-17H2,1-3H3/t18-,19+,24-/m1/s1. The number of amides is 1. The number of anilines is 1. The van der Waals surface area contributed by atoms with Crippen molar-refractivity contribution in [1.82, 2.24) is 9.80 Å². The van der Waals surface area contributed by atoms with Gasteiger partial charge in [-0.3, -0.25) is 9.52 Å². The molecule has 3 atom stereocenters. The summed E-state index contributed by atoms with van der Waals surface area (Å²) in [6.07, 6.45) is 2.22. The van der Waals surface area contributed by atoms with Gasteiger partial charge < -0.3 is 19.6 Å². The number of ether oxygens (including phenoxy) is 1. The number of aliphatic hydroxyl groups excluding tert-OH is 1. The lowest BCUT2D eigenvalue weighted by molar-refractivity contribution is 0.0346. The molecule has 8 nitrogen and oxygen atoms in total. The predicted octanol–water partition coefficient (Wildman–Crippen LogP) is 3.05. The molecule has 1 aliphatic carbocycles. The van der Waals surface area contributed by atoms with E-state index in [0.717, 1.165) is 12.5 Å². The van der Waals surface area contributed by atoms with Gasteiger partial charge in [-0.1, -0.05) is 31.2 Å². The number of likely N-dealkylation sites (N-methyl/N-ethyl adjacent to an activating group) is 1. The zero-order valence-electron chi connectivity index (χ0n) is 20.6. The van der Waals surface area contributed by atoms with Gasteiger partial charge >= 0.3 is 0 Å². The topological polar surface area (TPSA) is 99.2 Å². The van der Waals surface area contributed by atoms with E-state index in [0.29, 0.717) is 13.1 Å². The Kier molecular flexibility index (Phi) is 7.68. The maximum absolute atomic E-state index is 13.6. The van der Waals surface area contributed by atoms with Crippen molar-refractivity contribution in [3.05, 3.63) is 54.1 Å². The molecule has 1 amide bonds. The Morgan fingerprint density at radius 1 is 1.14 bits per heavy atom. The Labute approximate surface area is 207 Å². The number of benzene rings is 2. The second kappa shape index (κ2) is 10.6. The summed E-state index contributed by atoms with van der Waals surface area (Å²) in [7, 11) is -1.82. The fourth-order valence-electron chi connectivity index (χ4n) is 4.47. The van der Waals surface area contributed by atoms with Crippen molar-refractivity contribution < 1.29 is 23.1 Å². The van der Waals surface area contributed by atoms with Crippen LogP contribution in [-0.4, -0.2) is 74.7 Å². The van der Waals surface area contributed by atoms with Gasteiger partial charge in [0.1, 0.15) is 6.10 Å². The van der Waals surface area contributed by atoms with Crippen LogP contribution >= 0.6 is 0 Å². The summed E-state index contributed by atoms with van der Waals surface area (Å²) in [5.74, 6) is 0.612. The van der Waals surface area contributed by atoms with Crippen molar-refractivity contribution in [3.8, 4) is 5.75 Å². The average molecular weight is 502 g/mol. The Balaban J connectivity index is 1.72. The molecule has 2 N–H and O–H groups in total. The number of carbonyl (C=O) groups excluding carboxylic acids is 1. The molecule has 1 heterocycles. The van der Waals surface area contributed by atoms with Gasteiger partial charge in [0, 0.05) is 25.6 Å². The number of hydrogen-bond donors (Lipinski definition) is 2. The van der Waals surface area contributed by atoms with Crippen molar-refractivity contribution in [3.63, 3.8) is 0 Å². The summed E-state index contributed by atoms with van der Waals surface area (Å²) < 4.78 is 35.3. The van der Waals surface area contributed by atoms with Crippen LogP contribution in [0.3, 0.4) is 0 Å². The Morgan fingerprint density at radius 2 is 1.86 bits per heavy atom. The molecule has 0 aromatic heterocycles. The third-order valence-electron chi connectivity index (χ3n) is 6.75. The molecule has 0 bridgehead atoms. The number of para-hydroxylation sites is 1. The van der Waals surface area contributed by atoms with Crippen molar-refractivity contribution in [2.45, 2.75) is 43.7 Å². The average Bonchev–Trinajstić information content (AvgIpc) is 3.65. The second-order valence-corrected chi connectivity index (χ2v) is 11.6. The molecule has 2 aromatic carbocycles. The van der Waals surface area contributed by atoms with Crippen LogP contribution < -0.4 is 9.46 Å². The van der Waals surface area contributed by atoms with Crippen LogP contribution in [0.1, 0.15) is 37.0 Å². The summed E-state index contributed by atoms with van der Waals surface area (Å²) in [6, 6.07) is 12.6. The summed E-state index contributed by atoms with van der Waals surface area (Å²) in [4.78, 5) is 17.6. The maximum Gasteiger partial charge on any atom is 0.262 e. The summed E-state index contributed by atoms with van der Waals surface area (Å²) in [6.45, 7) is 5.73. The molecule has 2 aromatic rings. The van der Waals surface area contributed by atoms with Gasteiger partial charge in [0.25, 0.3) is 15.9 Å². The van der Waals surface area contributed by atoms with E-state index in [9.17, 15) is 18.3 Å². The fourth-order valence-corrected chi connectivity index (χ4v) is 5.55. The lowest BCUT2D eigenvalue weighted by Crippen LogP contribution is -2.50. The Bertz CT molecular complexity index is 1140. The van der Waals surface area contributed by atoms with Gasteiger partial charge in [0.2, 0.25) is 0 Å². The van der Waals surface area contributed by atoms with Gasteiger partial charge in [-0.05, 0) is 57.0 Å². The van der Waals surface area contributed by atoms with E-state index >= 15 is 0 Å². The lowest BCUT2D eigenvalue weighted by Gasteiger charge is -2.38. The van der Waals surface area contributed by atoms with Gasteiger partial charge in [-0.15, -0.1) is 0 Å². The molecule has 2 aliphatic rings. The molecule has 35 heavy (non-hydrogen) atoms. The van der Waals surface area contributed by atoms with Crippen molar-refractivity contribution in [1.29, 1.82) is 0 Å². The first-order valence-corrected chi connectivity index (χ1v) is 13.7.